The molecular formula is C27H31Cl3Ti. The molecule has 0 nitrogen and oxygen atoms in total. The van der Waals surface area contributed by atoms with Gasteiger partial charge in [0, 0.05) is 0 Å². The summed E-state index contributed by atoms with van der Waals surface area (Å²) in [5.74, 6) is 3.01. The first-order valence-corrected chi connectivity index (χ1v) is 10.6. The van der Waals surface area contributed by atoms with Crippen molar-refractivity contribution in [3.05, 3.63) is 102 Å². The van der Waals surface area contributed by atoms with Crippen molar-refractivity contribution in [2.24, 2.45) is 11.8 Å². The van der Waals surface area contributed by atoms with Crippen molar-refractivity contribution in [1.29, 1.82) is 0 Å². The molecule has 4 heteroatoms. The molecule has 0 aromatic heterocycles. The largest absolute Gasteiger partial charge is 4.00 e. The van der Waals surface area contributed by atoms with Gasteiger partial charge in [0.15, 0.2) is 0 Å². The van der Waals surface area contributed by atoms with Crippen LogP contribution in [0.25, 0.3) is 0 Å². The van der Waals surface area contributed by atoms with Crippen molar-refractivity contribution in [3.8, 4) is 0 Å². The van der Waals surface area contributed by atoms with Gasteiger partial charge < -0.3 is 37.2 Å². The van der Waals surface area contributed by atoms with Crippen LogP contribution >= 0.6 is 0 Å². The van der Waals surface area contributed by atoms with E-state index in [0.29, 0.717) is 11.8 Å². The van der Waals surface area contributed by atoms with E-state index < -0.39 is 0 Å². The first-order chi connectivity index (χ1) is 13.3. The standard InChI is InChI=1S/C27H31.3ClH.Ti/c1-3-4-19-27(23-14-7-5-8-15-23,24-16-9-6-10-17-24)26-21(2)20-22-13-11-12-18-25(22)26;;;;/h5-12,14-18,21-22H,3-4,13,19-20H2,1-2H3;3*1H;/q-1;;;;+4/p-3. The van der Waals surface area contributed by atoms with E-state index in [1.807, 2.05) is 0 Å². The molecule has 2 unspecified atom stereocenters. The fraction of sp³-hybridized carbons (Fsp3) is 0.370. The summed E-state index contributed by atoms with van der Waals surface area (Å²) in [7, 11) is 0. The summed E-state index contributed by atoms with van der Waals surface area (Å²) >= 11 is 0. The Morgan fingerprint density at radius 1 is 0.903 bits per heavy atom. The van der Waals surface area contributed by atoms with Gasteiger partial charge in [0.05, 0.1) is 0 Å². The van der Waals surface area contributed by atoms with E-state index in [9.17, 15) is 0 Å². The minimum Gasteiger partial charge on any atom is -1.00 e. The van der Waals surface area contributed by atoms with Crippen LogP contribution in [0.5, 0.6) is 0 Å². The smallest absolute Gasteiger partial charge is 1.00 e. The number of fused-ring (bicyclic) bond motifs is 1. The van der Waals surface area contributed by atoms with Gasteiger partial charge in [-0.2, -0.15) is 5.92 Å². The SMILES string of the molecule is CCCCC(c1ccccc1)(c1ccccc1)[C-]1C2=CC=CCC2CC1C.[Cl-].[Cl-].[Cl-].[Ti+4]. The predicted molar refractivity (Wildman–Crippen MR) is 116 cm³/mol. The Labute approximate surface area is 222 Å². The molecule has 0 heterocycles. The fourth-order valence-electron chi connectivity index (χ4n) is 5.49. The van der Waals surface area contributed by atoms with E-state index in [1.165, 1.54) is 43.2 Å². The van der Waals surface area contributed by atoms with Crippen LogP contribution in [0.2, 0.25) is 0 Å². The average molecular weight is 510 g/mol. The summed E-state index contributed by atoms with van der Waals surface area (Å²) in [4.78, 5) is 0. The minimum absolute atomic E-state index is 0. The Morgan fingerprint density at radius 2 is 1.45 bits per heavy atom. The molecule has 2 aromatic rings. The van der Waals surface area contributed by atoms with Gasteiger partial charge in [-0.05, 0) is 17.8 Å². The van der Waals surface area contributed by atoms with E-state index in [-0.39, 0.29) is 64.4 Å². The van der Waals surface area contributed by atoms with Crippen LogP contribution in [0.15, 0.2) is 84.5 Å². The minimum atomic E-state index is -0.0102. The van der Waals surface area contributed by atoms with E-state index in [2.05, 4.69) is 92.7 Å². The van der Waals surface area contributed by atoms with Gasteiger partial charge in [-0.3, -0.25) is 0 Å². The van der Waals surface area contributed by atoms with E-state index >= 15 is 0 Å². The third kappa shape index (κ3) is 5.84. The summed E-state index contributed by atoms with van der Waals surface area (Å²) in [6.07, 6.45) is 13.2. The van der Waals surface area contributed by atoms with Gasteiger partial charge in [0.2, 0.25) is 0 Å². The fourth-order valence-corrected chi connectivity index (χ4v) is 5.49. The zero-order valence-corrected chi connectivity index (χ0v) is 22.2. The second kappa shape index (κ2) is 13.8. The quantitative estimate of drug-likeness (QED) is 0.322. The van der Waals surface area contributed by atoms with E-state index in [4.69, 9.17) is 0 Å². The zero-order chi connectivity index (χ0) is 18.7. The first-order valence-electron chi connectivity index (χ1n) is 10.6. The number of rotatable bonds is 6. The van der Waals surface area contributed by atoms with Crippen LogP contribution < -0.4 is 37.2 Å². The predicted octanol–water partition coefficient (Wildman–Crippen LogP) is -1.71. The van der Waals surface area contributed by atoms with Gasteiger partial charge in [-0.25, -0.2) is 11.6 Å². The van der Waals surface area contributed by atoms with Gasteiger partial charge in [0.1, 0.15) is 0 Å². The number of unbranched alkanes of at least 4 members (excludes halogenated alkanes) is 1. The maximum atomic E-state index is 2.46. The maximum absolute atomic E-state index is 2.46. The average Bonchev–Trinajstić information content (AvgIpc) is 3.07. The van der Waals surface area contributed by atoms with Gasteiger partial charge >= 0.3 is 21.7 Å². The molecule has 0 N–H and O–H groups in total. The molecule has 2 atom stereocenters. The van der Waals surface area contributed by atoms with Crippen molar-refractivity contribution < 1.29 is 58.9 Å². The number of hydrogen-bond acceptors (Lipinski definition) is 0. The molecule has 4 rings (SSSR count). The van der Waals surface area contributed by atoms with Gasteiger partial charge in [0.25, 0.3) is 0 Å². The molecule has 1 saturated carbocycles. The van der Waals surface area contributed by atoms with Crippen LogP contribution in [0.4, 0.5) is 0 Å². The molecule has 0 spiro atoms. The summed E-state index contributed by atoms with van der Waals surface area (Å²) in [6, 6.07) is 22.6. The van der Waals surface area contributed by atoms with Crippen molar-refractivity contribution in [2.75, 3.05) is 0 Å². The van der Waals surface area contributed by atoms with Gasteiger partial charge in [-0.15, -0.1) is 12.2 Å². The van der Waals surface area contributed by atoms with Crippen LogP contribution in [0, 0.1) is 17.8 Å². The summed E-state index contributed by atoms with van der Waals surface area (Å²) < 4.78 is 0. The van der Waals surface area contributed by atoms with Crippen LogP contribution in [-0.4, -0.2) is 0 Å². The topological polar surface area (TPSA) is 0 Å². The second-order valence-corrected chi connectivity index (χ2v) is 8.27. The Bertz CT molecular complexity index is 777. The molecule has 2 aliphatic carbocycles. The Morgan fingerprint density at radius 3 is 1.97 bits per heavy atom. The van der Waals surface area contributed by atoms with Crippen molar-refractivity contribution in [2.45, 2.75) is 51.4 Å². The Kier molecular flexibility index (Phi) is 13.5. The van der Waals surface area contributed by atoms with Crippen molar-refractivity contribution in [1.82, 2.24) is 0 Å². The third-order valence-corrected chi connectivity index (χ3v) is 6.61. The van der Waals surface area contributed by atoms with Crippen LogP contribution in [-0.2, 0) is 27.1 Å². The molecule has 2 aliphatic rings. The van der Waals surface area contributed by atoms with Crippen molar-refractivity contribution in [3.63, 3.8) is 0 Å². The molecule has 0 radical (unpaired) electrons. The first kappa shape index (κ1) is 30.4. The summed E-state index contributed by atoms with van der Waals surface area (Å²) in [5.41, 5.74) is 4.53. The molecule has 0 aliphatic heterocycles. The Hall–Kier alpha value is -0.626. The third-order valence-electron chi connectivity index (χ3n) is 6.61. The monoisotopic (exact) mass is 508 g/mol. The molecule has 0 saturated heterocycles. The molecule has 0 bridgehead atoms. The number of benzene rings is 2. The molecule has 2 aromatic carbocycles. The molecule has 1 fully saturated rings. The number of allylic oxidation sites excluding steroid dienone is 4. The molecular weight excluding hydrogens is 479 g/mol. The van der Waals surface area contributed by atoms with E-state index in [1.54, 1.807) is 11.5 Å². The van der Waals surface area contributed by atoms with Crippen LogP contribution in [0.1, 0.15) is 57.1 Å². The maximum Gasteiger partial charge on any atom is 4.00 e. The number of halogens is 3. The normalized spacial score (nSPS) is 19.0. The molecule has 31 heavy (non-hydrogen) atoms. The molecule has 0 amide bonds. The van der Waals surface area contributed by atoms with Crippen molar-refractivity contribution >= 4 is 0 Å². The van der Waals surface area contributed by atoms with Gasteiger partial charge in [-0.1, -0.05) is 117 Å². The summed E-state index contributed by atoms with van der Waals surface area (Å²) in [5, 5.41) is 0. The zero-order valence-electron chi connectivity index (χ0n) is 18.3. The number of hydrogen-bond donors (Lipinski definition) is 0. The van der Waals surface area contributed by atoms with E-state index in [0.717, 1.165) is 0 Å². The molecule has 164 valence electrons. The van der Waals surface area contributed by atoms with Crippen LogP contribution in [0.3, 0.4) is 0 Å². The summed E-state index contributed by atoms with van der Waals surface area (Å²) in [6.45, 7) is 4.77. The Balaban J connectivity index is 0.00000225. The second-order valence-electron chi connectivity index (χ2n) is 8.27.